The van der Waals surface area contributed by atoms with Gasteiger partial charge in [0, 0.05) is 39.5 Å². The Morgan fingerprint density at radius 2 is 1.01 bits per heavy atom. The van der Waals surface area contributed by atoms with E-state index in [1.165, 1.54) is 12.1 Å². The summed E-state index contributed by atoms with van der Waals surface area (Å²) in [4.78, 5) is 65.9. The first kappa shape index (κ1) is 44.2. The van der Waals surface area contributed by atoms with Crippen LogP contribution in [0.2, 0.25) is 0 Å². The molecule has 336 valence electrons. The second-order valence-corrected chi connectivity index (χ2v) is 17.3. The number of allylic oxidation sites excluding steroid dienone is 4. The quantitative estimate of drug-likeness (QED) is 0.113. The van der Waals surface area contributed by atoms with E-state index < -0.39 is 80.7 Å². The first-order valence-corrected chi connectivity index (χ1v) is 21.9. The highest BCUT2D eigenvalue weighted by Crippen LogP contribution is 2.49. The first-order valence-electron chi connectivity index (χ1n) is 20.2. The van der Waals surface area contributed by atoms with Crippen LogP contribution < -0.4 is 0 Å². The van der Waals surface area contributed by atoms with Gasteiger partial charge in [0.2, 0.25) is 11.6 Å². The van der Waals surface area contributed by atoms with Crippen molar-refractivity contribution in [1.29, 1.82) is 21.0 Å². The molecule has 2 aliphatic rings. The number of hydrogen-bond acceptors (Lipinski definition) is 14. The standard InChI is InChI=1S/C50H20F4N8O6S2/c51-31-11-27-29(13-33(31)53)45(63)41(39(27)25(17-55)18-56)59-37-16-36-43(62(37)50(66)68-22-24-9-5-2-6-10-24)44-48(69-36)47-35(61(44)49(65)67-21-23-7-3-1-4-8-23)15-38(70-47)60-42-40(26(19-57)20-58)28-12-32(52)34(54)14-30(28)46(42)64/h1-16H,21-22H2/b59-41-,60-42-. The molecular formula is C50H20F4N8O6S2. The second kappa shape index (κ2) is 17.2. The number of aromatic nitrogens is 2. The van der Waals surface area contributed by atoms with Gasteiger partial charge in [0.25, 0.3) is 0 Å². The first-order chi connectivity index (χ1) is 33.8. The third-order valence-corrected chi connectivity index (χ3v) is 13.5. The van der Waals surface area contributed by atoms with Crippen LogP contribution in [-0.4, -0.2) is 44.3 Å². The van der Waals surface area contributed by atoms with Crippen LogP contribution in [0.25, 0.3) is 41.8 Å². The van der Waals surface area contributed by atoms with Gasteiger partial charge < -0.3 is 9.47 Å². The van der Waals surface area contributed by atoms with E-state index in [1.807, 2.05) is 0 Å². The number of hydrogen-bond donors (Lipinski definition) is 0. The largest absolute Gasteiger partial charge is 0.444 e. The predicted molar refractivity (Wildman–Crippen MR) is 247 cm³/mol. The van der Waals surface area contributed by atoms with Crippen molar-refractivity contribution in [3.05, 3.63) is 165 Å². The Kier molecular flexibility index (Phi) is 10.9. The summed E-state index contributed by atoms with van der Waals surface area (Å²) in [6.45, 7) is -0.509. The third-order valence-electron chi connectivity index (χ3n) is 11.2. The van der Waals surface area contributed by atoms with Crippen molar-refractivity contribution in [2.45, 2.75) is 13.2 Å². The number of ether oxygens (including phenoxy) is 2. The van der Waals surface area contributed by atoms with Crippen molar-refractivity contribution >= 4 is 110 Å². The number of ketones is 2. The third kappa shape index (κ3) is 7.12. The zero-order valence-corrected chi connectivity index (χ0v) is 36.6. The number of thiophene rings is 2. The summed E-state index contributed by atoms with van der Waals surface area (Å²) < 4.78 is 72.9. The Morgan fingerprint density at radius 1 is 0.557 bits per heavy atom. The lowest BCUT2D eigenvalue weighted by Crippen LogP contribution is -2.16. The van der Waals surface area contributed by atoms with E-state index in [9.17, 15) is 57.8 Å². The van der Waals surface area contributed by atoms with Crippen LogP contribution in [0.1, 0.15) is 43.0 Å². The summed E-state index contributed by atoms with van der Waals surface area (Å²) in [5, 5.41) is 39.6. The molecule has 70 heavy (non-hydrogen) atoms. The molecule has 2 aliphatic carbocycles. The van der Waals surface area contributed by atoms with Gasteiger partial charge in [-0.15, -0.1) is 22.7 Å². The molecule has 14 nitrogen and oxygen atoms in total. The number of rotatable bonds is 6. The summed E-state index contributed by atoms with van der Waals surface area (Å²) in [6, 6.07) is 29.3. The molecule has 4 aromatic carbocycles. The number of aliphatic imine (C=N–C) groups is 2. The van der Waals surface area contributed by atoms with Gasteiger partial charge in [0.1, 0.15) is 70.9 Å². The lowest BCUT2D eigenvalue weighted by molar-refractivity contribution is 0.106. The Bertz CT molecular complexity index is 3990. The zero-order valence-electron chi connectivity index (χ0n) is 35.0. The Labute approximate surface area is 397 Å². The Morgan fingerprint density at radius 3 is 1.50 bits per heavy atom. The monoisotopic (exact) mass is 968 g/mol. The van der Waals surface area contributed by atoms with Crippen molar-refractivity contribution in [2.75, 3.05) is 0 Å². The molecule has 4 aromatic heterocycles. The van der Waals surface area contributed by atoms with Gasteiger partial charge in [-0.25, -0.2) is 46.3 Å². The molecule has 0 radical (unpaired) electrons. The highest BCUT2D eigenvalue weighted by atomic mass is 32.1. The maximum absolute atomic E-state index is 14.7. The maximum atomic E-state index is 14.7. The molecule has 0 N–H and O–H groups in total. The lowest BCUT2D eigenvalue weighted by atomic mass is 10.0. The molecule has 20 heteroatoms. The minimum absolute atomic E-state index is 0.0000743. The lowest BCUT2D eigenvalue weighted by Gasteiger charge is -2.11. The fraction of sp³-hybridized carbons (Fsp3) is 0.0400. The van der Waals surface area contributed by atoms with Gasteiger partial charge >= 0.3 is 12.2 Å². The predicted octanol–water partition coefficient (Wildman–Crippen LogP) is 11.3. The number of nitriles is 4. The molecule has 0 unspecified atom stereocenters. The van der Waals surface area contributed by atoms with Crippen LogP contribution in [-0.2, 0) is 22.7 Å². The van der Waals surface area contributed by atoms with E-state index in [0.29, 0.717) is 44.8 Å². The van der Waals surface area contributed by atoms with Crippen molar-refractivity contribution in [1.82, 2.24) is 9.13 Å². The molecule has 0 aliphatic heterocycles. The van der Waals surface area contributed by atoms with E-state index >= 15 is 0 Å². The highest BCUT2D eigenvalue weighted by Gasteiger charge is 2.39. The fourth-order valence-electron chi connectivity index (χ4n) is 8.14. The van der Waals surface area contributed by atoms with Crippen LogP contribution in [0.3, 0.4) is 0 Å². The number of carbonyl (C=O) groups excluding carboxylic acids is 4. The Hall–Kier alpha value is -9.60. The fourth-order valence-corrected chi connectivity index (χ4v) is 10.5. The van der Waals surface area contributed by atoms with Crippen LogP contribution in [0, 0.1) is 68.6 Å². The highest BCUT2D eigenvalue weighted by molar-refractivity contribution is 7.32. The van der Waals surface area contributed by atoms with Gasteiger partial charge in [0.05, 0.1) is 30.6 Å². The van der Waals surface area contributed by atoms with E-state index in [-0.39, 0.29) is 67.5 Å². The second-order valence-electron chi connectivity index (χ2n) is 15.2. The van der Waals surface area contributed by atoms with Gasteiger partial charge in [0.15, 0.2) is 23.3 Å². The smallest absolute Gasteiger partial charge is 0.420 e. The topological polar surface area (TPSA) is 216 Å². The van der Waals surface area contributed by atoms with Crippen molar-refractivity contribution in [3.63, 3.8) is 0 Å². The van der Waals surface area contributed by atoms with Gasteiger partial charge in [-0.3, -0.25) is 9.59 Å². The maximum Gasteiger partial charge on any atom is 0.420 e. The van der Waals surface area contributed by atoms with Crippen molar-refractivity contribution in [3.8, 4) is 24.3 Å². The molecule has 0 fully saturated rings. The molecule has 8 aromatic rings. The van der Waals surface area contributed by atoms with E-state index in [4.69, 9.17) is 9.47 Å². The number of carbonyl (C=O) groups is 4. The molecule has 4 heterocycles. The van der Waals surface area contributed by atoms with Crippen LogP contribution >= 0.6 is 22.7 Å². The van der Waals surface area contributed by atoms with Crippen LogP contribution in [0.5, 0.6) is 0 Å². The zero-order chi connectivity index (χ0) is 49.1. The summed E-state index contributed by atoms with van der Waals surface area (Å²) >= 11 is 1.96. The molecule has 0 spiro atoms. The summed E-state index contributed by atoms with van der Waals surface area (Å²) in [7, 11) is 0. The van der Waals surface area contributed by atoms with Crippen LogP contribution in [0.4, 0.5) is 38.0 Å². The SMILES string of the molecule is N#CC(C#N)=C1/C(=N/c2cc3c(s2)c2sc4cc(/N=C5\C(=O)c6cc(F)c(F)cc6C5=C(C#N)C#N)n(C(=O)OCc5ccccc5)c4c2n3C(=O)OCc2ccccc2)C(=O)c2cc(F)c(F)cc21. The van der Waals surface area contributed by atoms with Gasteiger partial charge in [-0.05, 0) is 41.5 Å². The number of Topliss-reactive ketones (excluding diaryl/α,β-unsaturated/α-hetero) is 2. The minimum Gasteiger partial charge on any atom is -0.444 e. The van der Waals surface area contributed by atoms with E-state index in [2.05, 4.69) is 9.98 Å². The molecular weight excluding hydrogens is 949 g/mol. The van der Waals surface area contributed by atoms with E-state index in [0.717, 1.165) is 31.8 Å². The van der Waals surface area contributed by atoms with Crippen molar-refractivity contribution in [2.24, 2.45) is 9.98 Å². The number of fused-ring (bicyclic) bond motifs is 7. The molecule has 0 saturated heterocycles. The number of halogens is 4. The molecule has 10 rings (SSSR count). The summed E-state index contributed by atoms with van der Waals surface area (Å²) in [5.41, 5.74) is -2.97. The van der Waals surface area contributed by atoms with Crippen molar-refractivity contribution < 1.29 is 46.2 Å². The number of nitrogens with zero attached hydrogens (tertiary/aromatic N) is 8. The van der Waals surface area contributed by atoms with E-state index in [1.54, 1.807) is 84.9 Å². The molecule has 0 bridgehead atoms. The molecule has 0 atom stereocenters. The summed E-state index contributed by atoms with van der Waals surface area (Å²) in [6.07, 6.45) is -2.06. The number of benzene rings is 4. The normalized spacial score (nSPS) is 13.9. The Balaban J connectivity index is 1.21. The summed E-state index contributed by atoms with van der Waals surface area (Å²) in [5.74, 6) is -7.66. The molecule has 0 amide bonds. The average molecular weight is 969 g/mol. The van der Waals surface area contributed by atoms with Gasteiger partial charge in [-0.2, -0.15) is 21.0 Å². The van der Waals surface area contributed by atoms with Gasteiger partial charge in [-0.1, -0.05) is 60.7 Å². The van der Waals surface area contributed by atoms with Crippen LogP contribution in [0.15, 0.2) is 118 Å². The average Bonchev–Trinajstić information content (AvgIpc) is 4.18. The minimum atomic E-state index is -1.38. The molecule has 0 saturated carbocycles.